The predicted molar refractivity (Wildman–Crippen MR) is 90.4 cm³/mol. The number of hydroxylamine groups is 2. The van der Waals surface area contributed by atoms with E-state index in [2.05, 4.69) is 39.7 Å². The van der Waals surface area contributed by atoms with E-state index in [0.717, 1.165) is 12.5 Å². The first-order chi connectivity index (χ1) is 8.93. The largest absolute Gasteiger partial charge is 0.456 e. The minimum Gasteiger partial charge on any atom is -0.456 e. The van der Waals surface area contributed by atoms with Gasteiger partial charge in [0.05, 0.1) is 6.10 Å². The van der Waals surface area contributed by atoms with Crippen LogP contribution in [0.1, 0.15) is 27.2 Å². The van der Waals surface area contributed by atoms with Gasteiger partial charge in [-0.1, -0.05) is 0 Å². The molecule has 0 saturated carbocycles. The number of hydrogen-bond acceptors (Lipinski definition) is 4. The SMILES string of the molecule is CC(C[Si](C)(C)O[Si](C)(C)C)OCCCN(O)C(C)C. The molecule has 0 rings (SSSR count). The lowest BCUT2D eigenvalue weighted by atomic mass is 10.3. The van der Waals surface area contributed by atoms with E-state index in [4.69, 9.17) is 8.85 Å². The van der Waals surface area contributed by atoms with Gasteiger partial charge in [-0.2, -0.15) is 5.06 Å². The Bertz CT molecular complexity index is 268. The third-order valence-electron chi connectivity index (χ3n) is 2.89. The van der Waals surface area contributed by atoms with Gasteiger partial charge in [0, 0.05) is 19.2 Å². The second-order valence-electron chi connectivity index (χ2n) is 7.47. The van der Waals surface area contributed by atoms with Crippen LogP contribution in [0.5, 0.6) is 0 Å². The van der Waals surface area contributed by atoms with E-state index in [-0.39, 0.29) is 12.1 Å². The fourth-order valence-electron chi connectivity index (χ4n) is 2.39. The molecule has 0 aliphatic rings. The maximum atomic E-state index is 9.57. The van der Waals surface area contributed by atoms with Crippen molar-refractivity contribution in [1.29, 1.82) is 0 Å². The second-order valence-corrected chi connectivity index (χ2v) is 16.4. The lowest BCUT2D eigenvalue weighted by Crippen LogP contribution is -2.44. The molecule has 1 unspecified atom stereocenters. The summed E-state index contributed by atoms with van der Waals surface area (Å²) in [5.41, 5.74) is 0. The molecule has 1 N–H and O–H groups in total. The minimum absolute atomic E-state index is 0.170. The highest BCUT2D eigenvalue weighted by molar-refractivity contribution is 6.84. The van der Waals surface area contributed by atoms with Gasteiger partial charge < -0.3 is 14.1 Å². The van der Waals surface area contributed by atoms with Crippen molar-refractivity contribution in [3.8, 4) is 0 Å². The zero-order valence-electron chi connectivity index (χ0n) is 14.7. The summed E-state index contributed by atoms with van der Waals surface area (Å²) in [6.45, 7) is 18.7. The predicted octanol–water partition coefficient (Wildman–Crippen LogP) is 3.94. The lowest BCUT2D eigenvalue weighted by molar-refractivity contribution is -0.120. The molecule has 4 nitrogen and oxygen atoms in total. The van der Waals surface area contributed by atoms with Gasteiger partial charge in [0.25, 0.3) is 0 Å². The fourth-order valence-corrected chi connectivity index (χ4v) is 10.9. The quantitative estimate of drug-likeness (QED) is 0.376. The molecule has 1 atom stereocenters. The molecule has 0 spiro atoms. The maximum absolute atomic E-state index is 9.57. The molecule has 0 aromatic rings. The number of ether oxygens (including phenoxy) is 1. The van der Waals surface area contributed by atoms with E-state index in [9.17, 15) is 5.21 Å². The molecule has 0 heterocycles. The standard InChI is InChI=1S/C14H35NO3Si2/c1-13(2)15(16)10-9-11-17-14(3)12-20(7,8)18-19(4,5)6/h13-14,16H,9-12H2,1-8H3. The summed E-state index contributed by atoms with van der Waals surface area (Å²) in [5, 5.41) is 10.9. The third kappa shape index (κ3) is 11.0. The van der Waals surface area contributed by atoms with Crippen molar-refractivity contribution in [2.75, 3.05) is 13.2 Å². The van der Waals surface area contributed by atoms with Gasteiger partial charge >= 0.3 is 0 Å². The second kappa shape index (κ2) is 8.65. The Balaban J connectivity index is 3.91. The maximum Gasteiger partial charge on any atom is 0.175 e. The highest BCUT2D eigenvalue weighted by Gasteiger charge is 2.31. The zero-order chi connectivity index (χ0) is 16.0. The summed E-state index contributed by atoms with van der Waals surface area (Å²) in [6, 6.07) is 1.20. The van der Waals surface area contributed by atoms with Gasteiger partial charge in [-0.05, 0) is 66.0 Å². The average Bonchev–Trinajstić information content (AvgIpc) is 2.19. The van der Waals surface area contributed by atoms with Gasteiger partial charge in [-0.25, -0.2) is 0 Å². The Labute approximate surface area is 127 Å². The molecule has 0 radical (unpaired) electrons. The van der Waals surface area contributed by atoms with Crippen LogP contribution in [-0.4, -0.2) is 52.2 Å². The van der Waals surface area contributed by atoms with Crippen molar-refractivity contribution in [2.45, 2.75) is 78.1 Å². The van der Waals surface area contributed by atoms with Crippen LogP contribution in [0.4, 0.5) is 0 Å². The van der Waals surface area contributed by atoms with E-state index in [1.165, 1.54) is 5.06 Å². The Hall–Kier alpha value is 0.274. The van der Waals surface area contributed by atoms with Crippen molar-refractivity contribution >= 4 is 16.6 Å². The lowest BCUT2D eigenvalue weighted by Gasteiger charge is -2.33. The normalized spacial score (nSPS) is 15.2. The van der Waals surface area contributed by atoms with E-state index in [1.807, 2.05) is 13.8 Å². The van der Waals surface area contributed by atoms with Crippen molar-refractivity contribution < 1.29 is 14.1 Å². The highest BCUT2D eigenvalue weighted by Crippen LogP contribution is 2.21. The first kappa shape index (κ1) is 20.3. The molecular weight excluding hydrogens is 286 g/mol. The van der Waals surface area contributed by atoms with Crippen molar-refractivity contribution in [3.63, 3.8) is 0 Å². The molecule has 122 valence electrons. The summed E-state index contributed by atoms with van der Waals surface area (Å²) < 4.78 is 12.2. The first-order valence-electron chi connectivity index (χ1n) is 7.70. The highest BCUT2D eigenvalue weighted by atomic mass is 28.4. The van der Waals surface area contributed by atoms with Gasteiger partial charge in [0.1, 0.15) is 0 Å². The van der Waals surface area contributed by atoms with Crippen molar-refractivity contribution in [3.05, 3.63) is 0 Å². The first-order valence-corrected chi connectivity index (χ1v) is 14.2. The molecule has 0 aromatic heterocycles. The van der Waals surface area contributed by atoms with Gasteiger partial charge in [0.15, 0.2) is 16.6 Å². The van der Waals surface area contributed by atoms with Crippen LogP contribution in [0.2, 0.25) is 38.8 Å². The Morgan fingerprint density at radius 2 is 1.60 bits per heavy atom. The van der Waals surface area contributed by atoms with Gasteiger partial charge in [-0.3, -0.25) is 0 Å². The molecule has 0 aliphatic carbocycles. The number of hydrogen-bond donors (Lipinski definition) is 1. The summed E-state index contributed by atoms with van der Waals surface area (Å²) in [6.07, 6.45) is 1.09. The Kier molecular flexibility index (Phi) is 8.77. The minimum atomic E-state index is -1.62. The van der Waals surface area contributed by atoms with E-state index >= 15 is 0 Å². The molecule has 0 fully saturated rings. The van der Waals surface area contributed by atoms with Crippen LogP contribution in [-0.2, 0) is 8.85 Å². The summed E-state index contributed by atoms with van der Waals surface area (Å²) in [4.78, 5) is 0. The summed E-state index contributed by atoms with van der Waals surface area (Å²) in [5.74, 6) is 0. The number of rotatable bonds is 10. The van der Waals surface area contributed by atoms with E-state index in [1.54, 1.807) is 0 Å². The van der Waals surface area contributed by atoms with Crippen molar-refractivity contribution in [2.24, 2.45) is 0 Å². The third-order valence-corrected chi connectivity index (χ3v) is 9.11. The van der Waals surface area contributed by atoms with E-state index in [0.29, 0.717) is 13.2 Å². The molecule has 0 aromatic carbocycles. The van der Waals surface area contributed by atoms with E-state index < -0.39 is 16.6 Å². The zero-order valence-corrected chi connectivity index (χ0v) is 16.7. The van der Waals surface area contributed by atoms with Crippen LogP contribution < -0.4 is 0 Å². The molecular formula is C14H35NO3Si2. The summed E-state index contributed by atoms with van der Waals surface area (Å²) >= 11 is 0. The Morgan fingerprint density at radius 1 is 1.05 bits per heavy atom. The van der Waals surface area contributed by atoms with Crippen molar-refractivity contribution in [1.82, 2.24) is 5.06 Å². The van der Waals surface area contributed by atoms with Crippen LogP contribution in [0.25, 0.3) is 0 Å². The number of nitrogens with zero attached hydrogens (tertiary/aromatic N) is 1. The summed E-state index contributed by atoms with van der Waals surface area (Å²) in [7, 11) is -3.08. The van der Waals surface area contributed by atoms with Crippen LogP contribution >= 0.6 is 0 Å². The van der Waals surface area contributed by atoms with Crippen LogP contribution in [0.15, 0.2) is 0 Å². The fraction of sp³-hybridized carbons (Fsp3) is 1.00. The average molecular weight is 322 g/mol. The molecule has 0 saturated heterocycles. The molecule has 0 aliphatic heterocycles. The van der Waals surface area contributed by atoms with Gasteiger partial charge in [-0.15, -0.1) is 0 Å². The molecule has 0 amide bonds. The smallest absolute Gasteiger partial charge is 0.175 e. The van der Waals surface area contributed by atoms with Gasteiger partial charge in [0.2, 0.25) is 0 Å². The van der Waals surface area contributed by atoms with Crippen LogP contribution in [0.3, 0.4) is 0 Å². The molecule has 20 heavy (non-hydrogen) atoms. The topological polar surface area (TPSA) is 41.9 Å². The molecule has 0 bridgehead atoms. The monoisotopic (exact) mass is 321 g/mol. The molecule has 6 heteroatoms. The Morgan fingerprint density at radius 3 is 2.05 bits per heavy atom. The van der Waals surface area contributed by atoms with Crippen LogP contribution in [0, 0.1) is 0 Å².